The molecule has 6 nitrogen and oxygen atoms in total. The zero-order chi connectivity index (χ0) is 17.4. The summed E-state index contributed by atoms with van der Waals surface area (Å²) in [6.07, 6.45) is 1.87. The van der Waals surface area contributed by atoms with E-state index < -0.39 is 35.6 Å². The van der Waals surface area contributed by atoms with Crippen LogP contribution in [0.4, 0.5) is 14.6 Å². The SMILES string of the molecule is Cc1nn(C2CC2)c(N)c1C(=O)OCC(=O)c1c(F)cccc1F. The Hall–Kier alpha value is -2.77. The summed E-state index contributed by atoms with van der Waals surface area (Å²) in [5.74, 6) is -3.65. The Morgan fingerprint density at radius 3 is 2.50 bits per heavy atom. The minimum absolute atomic E-state index is 0.0729. The Kier molecular flexibility index (Phi) is 4.04. The number of nitrogens with zero attached hydrogens (tertiary/aromatic N) is 2. The van der Waals surface area contributed by atoms with Gasteiger partial charge in [-0.25, -0.2) is 18.3 Å². The molecular weight excluding hydrogens is 320 g/mol. The van der Waals surface area contributed by atoms with Gasteiger partial charge in [-0.15, -0.1) is 0 Å². The van der Waals surface area contributed by atoms with Gasteiger partial charge in [-0.05, 0) is 31.9 Å². The first kappa shape index (κ1) is 16.1. The molecule has 1 saturated carbocycles. The molecule has 126 valence electrons. The Morgan fingerprint density at radius 1 is 1.29 bits per heavy atom. The van der Waals surface area contributed by atoms with Crippen LogP contribution in [0.25, 0.3) is 0 Å². The second kappa shape index (κ2) is 6.03. The number of anilines is 1. The largest absolute Gasteiger partial charge is 0.454 e. The predicted molar refractivity (Wildman–Crippen MR) is 80.6 cm³/mol. The fourth-order valence-electron chi connectivity index (χ4n) is 2.45. The maximum Gasteiger partial charge on any atom is 0.344 e. The van der Waals surface area contributed by atoms with Crippen LogP contribution >= 0.6 is 0 Å². The average molecular weight is 335 g/mol. The molecule has 0 bridgehead atoms. The van der Waals surface area contributed by atoms with E-state index in [2.05, 4.69) is 5.10 Å². The van der Waals surface area contributed by atoms with Crippen molar-refractivity contribution >= 4 is 17.6 Å². The highest BCUT2D eigenvalue weighted by Crippen LogP contribution is 2.37. The Bertz CT molecular complexity index is 808. The normalized spacial score (nSPS) is 13.8. The lowest BCUT2D eigenvalue weighted by Crippen LogP contribution is -2.18. The highest BCUT2D eigenvalue weighted by molar-refractivity contribution is 6.01. The van der Waals surface area contributed by atoms with E-state index in [4.69, 9.17) is 10.5 Å². The lowest BCUT2D eigenvalue weighted by molar-refractivity contribution is 0.0472. The van der Waals surface area contributed by atoms with Gasteiger partial charge in [0.25, 0.3) is 0 Å². The summed E-state index contributed by atoms with van der Waals surface area (Å²) in [5.41, 5.74) is 5.63. The van der Waals surface area contributed by atoms with Crippen molar-refractivity contribution in [3.8, 4) is 0 Å². The van der Waals surface area contributed by atoms with Crippen molar-refractivity contribution in [2.75, 3.05) is 12.3 Å². The minimum atomic E-state index is -1.01. The van der Waals surface area contributed by atoms with Crippen molar-refractivity contribution in [1.82, 2.24) is 9.78 Å². The van der Waals surface area contributed by atoms with Crippen molar-refractivity contribution in [1.29, 1.82) is 0 Å². The quantitative estimate of drug-likeness (QED) is 0.670. The smallest absolute Gasteiger partial charge is 0.344 e. The number of hydrogen-bond donors (Lipinski definition) is 1. The number of rotatable bonds is 5. The number of aryl methyl sites for hydroxylation is 1. The van der Waals surface area contributed by atoms with Crippen LogP contribution in [-0.2, 0) is 4.74 Å². The number of carbonyl (C=O) groups is 2. The first-order chi connectivity index (χ1) is 11.4. The molecule has 2 N–H and O–H groups in total. The van der Waals surface area contributed by atoms with E-state index >= 15 is 0 Å². The molecule has 0 atom stereocenters. The summed E-state index contributed by atoms with van der Waals surface area (Å²) in [6, 6.07) is 3.24. The molecule has 2 aromatic rings. The number of carbonyl (C=O) groups excluding carboxylic acids is 2. The van der Waals surface area contributed by atoms with E-state index in [1.807, 2.05) is 0 Å². The molecule has 1 fully saturated rings. The molecule has 1 heterocycles. The number of hydrogen-bond acceptors (Lipinski definition) is 5. The Balaban J connectivity index is 1.73. The average Bonchev–Trinajstić information content (AvgIpc) is 3.31. The lowest BCUT2D eigenvalue weighted by Gasteiger charge is -2.06. The monoisotopic (exact) mass is 335 g/mol. The van der Waals surface area contributed by atoms with Crippen molar-refractivity contribution in [3.05, 3.63) is 46.7 Å². The molecule has 0 unspecified atom stereocenters. The van der Waals surface area contributed by atoms with Crippen LogP contribution in [-0.4, -0.2) is 28.1 Å². The summed E-state index contributed by atoms with van der Waals surface area (Å²) in [7, 11) is 0. The van der Waals surface area contributed by atoms with Gasteiger partial charge in [0.05, 0.1) is 17.3 Å². The first-order valence-corrected chi connectivity index (χ1v) is 7.39. The highest BCUT2D eigenvalue weighted by Gasteiger charge is 2.31. The molecule has 3 rings (SSSR count). The third kappa shape index (κ3) is 2.86. The number of ketones is 1. The van der Waals surface area contributed by atoms with Gasteiger partial charge in [-0.2, -0.15) is 5.10 Å². The van der Waals surface area contributed by atoms with E-state index in [-0.39, 0.29) is 17.4 Å². The molecule has 1 aromatic heterocycles. The molecule has 1 aliphatic carbocycles. The summed E-state index contributed by atoms with van der Waals surface area (Å²) >= 11 is 0. The van der Waals surface area contributed by atoms with Crippen LogP contribution in [0, 0.1) is 18.6 Å². The third-order valence-electron chi connectivity index (χ3n) is 3.80. The van der Waals surface area contributed by atoms with E-state index in [9.17, 15) is 18.4 Å². The second-order valence-corrected chi connectivity index (χ2v) is 5.62. The van der Waals surface area contributed by atoms with E-state index in [0.29, 0.717) is 5.69 Å². The van der Waals surface area contributed by atoms with Gasteiger partial charge in [0.1, 0.15) is 23.0 Å². The molecule has 0 saturated heterocycles. The second-order valence-electron chi connectivity index (χ2n) is 5.62. The number of nitrogen functional groups attached to an aromatic ring is 1. The van der Waals surface area contributed by atoms with Gasteiger partial charge in [-0.3, -0.25) is 4.79 Å². The maximum absolute atomic E-state index is 13.5. The van der Waals surface area contributed by atoms with Gasteiger partial charge in [0.2, 0.25) is 5.78 Å². The van der Waals surface area contributed by atoms with Crippen LogP contribution < -0.4 is 5.73 Å². The van der Waals surface area contributed by atoms with E-state index in [0.717, 1.165) is 31.0 Å². The molecule has 0 spiro atoms. The van der Waals surface area contributed by atoms with Gasteiger partial charge in [0.15, 0.2) is 6.61 Å². The summed E-state index contributed by atoms with van der Waals surface area (Å²) in [6.45, 7) is 0.814. The van der Waals surface area contributed by atoms with Crippen LogP contribution in [0.1, 0.15) is 45.3 Å². The fourth-order valence-corrected chi connectivity index (χ4v) is 2.45. The molecule has 8 heteroatoms. The zero-order valence-corrected chi connectivity index (χ0v) is 12.9. The van der Waals surface area contributed by atoms with Crippen molar-refractivity contribution in [3.63, 3.8) is 0 Å². The molecule has 0 amide bonds. The standard InChI is InChI=1S/C16H15F2N3O3/c1-8-13(15(19)21(20-8)9-5-6-9)16(23)24-7-12(22)14-10(17)3-2-4-11(14)18/h2-4,9H,5-7,19H2,1H3. The number of benzene rings is 1. The Labute approximate surface area is 136 Å². The topological polar surface area (TPSA) is 87.2 Å². The van der Waals surface area contributed by atoms with Crippen LogP contribution in [0.5, 0.6) is 0 Å². The van der Waals surface area contributed by atoms with Gasteiger partial charge in [-0.1, -0.05) is 6.07 Å². The van der Waals surface area contributed by atoms with Gasteiger partial charge >= 0.3 is 5.97 Å². The number of halogens is 2. The van der Waals surface area contributed by atoms with Gasteiger partial charge < -0.3 is 10.5 Å². The molecule has 0 aliphatic heterocycles. The molecule has 24 heavy (non-hydrogen) atoms. The highest BCUT2D eigenvalue weighted by atomic mass is 19.1. The van der Waals surface area contributed by atoms with Crippen LogP contribution in [0.15, 0.2) is 18.2 Å². The van der Waals surface area contributed by atoms with Gasteiger partial charge in [0, 0.05) is 0 Å². The fraction of sp³-hybridized carbons (Fsp3) is 0.312. The summed E-state index contributed by atoms with van der Waals surface area (Å²) in [5, 5.41) is 4.19. The number of ether oxygens (including phenoxy) is 1. The van der Waals surface area contributed by atoms with E-state index in [1.54, 1.807) is 11.6 Å². The number of nitrogens with two attached hydrogens (primary N) is 1. The third-order valence-corrected chi connectivity index (χ3v) is 3.80. The number of aromatic nitrogens is 2. The molecular formula is C16H15F2N3O3. The first-order valence-electron chi connectivity index (χ1n) is 7.39. The van der Waals surface area contributed by atoms with Crippen molar-refractivity contribution < 1.29 is 23.1 Å². The van der Waals surface area contributed by atoms with Crippen molar-refractivity contribution in [2.24, 2.45) is 0 Å². The Morgan fingerprint density at radius 2 is 1.92 bits per heavy atom. The number of esters is 1. The van der Waals surface area contributed by atoms with E-state index in [1.165, 1.54) is 0 Å². The molecule has 1 aromatic carbocycles. The van der Waals surface area contributed by atoms with Crippen LogP contribution in [0.3, 0.4) is 0 Å². The summed E-state index contributed by atoms with van der Waals surface area (Å²) in [4.78, 5) is 24.1. The number of Topliss-reactive ketones (excluding diaryl/α,β-unsaturated/α-hetero) is 1. The predicted octanol–water partition coefficient (Wildman–Crippen LogP) is 2.43. The summed E-state index contributed by atoms with van der Waals surface area (Å²) < 4.78 is 33.5. The maximum atomic E-state index is 13.5. The van der Waals surface area contributed by atoms with Crippen LogP contribution in [0.2, 0.25) is 0 Å². The minimum Gasteiger partial charge on any atom is -0.454 e. The molecule has 1 aliphatic rings. The lowest BCUT2D eigenvalue weighted by atomic mass is 10.1. The molecule has 0 radical (unpaired) electrons. The van der Waals surface area contributed by atoms with Crippen molar-refractivity contribution in [2.45, 2.75) is 25.8 Å². The zero-order valence-electron chi connectivity index (χ0n) is 12.9.